The lowest BCUT2D eigenvalue weighted by Gasteiger charge is -2.43. The predicted molar refractivity (Wildman–Crippen MR) is 231 cm³/mol. The SMILES string of the molecule is Cc1cc(-c2cccc3c2Nc2ccccc2C3(c2ccccc2)c2ccccc2)c2c3c1c1ccccc1n3-c1cc3nc(-c4ccccc4)oc3cc1[B]2. The van der Waals surface area contributed by atoms with Crippen molar-refractivity contribution < 1.29 is 4.42 Å². The average Bonchev–Trinajstić information content (AvgIpc) is 3.84. The van der Waals surface area contributed by atoms with Gasteiger partial charge in [-0.3, -0.25) is 0 Å². The molecule has 1 N–H and O–H groups in total. The number of hydrogen-bond donors (Lipinski definition) is 1. The minimum atomic E-state index is -0.550. The first kappa shape index (κ1) is 31.3. The van der Waals surface area contributed by atoms with Crippen molar-refractivity contribution in [3.05, 3.63) is 204 Å². The van der Waals surface area contributed by atoms with Gasteiger partial charge in [0.1, 0.15) is 5.52 Å². The molecule has 8 aromatic carbocycles. The summed E-state index contributed by atoms with van der Waals surface area (Å²) in [5, 5.41) is 6.52. The Labute approximate surface area is 325 Å². The molecule has 0 fully saturated rings. The lowest BCUT2D eigenvalue weighted by molar-refractivity contribution is 0.620. The summed E-state index contributed by atoms with van der Waals surface area (Å²) in [7, 11) is 2.37. The number of para-hydroxylation sites is 3. The molecular formula is C51H33BN3O. The van der Waals surface area contributed by atoms with Crippen LogP contribution in [0.2, 0.25) is 0 Å². The molecule has 261 valence electrons. The van der Waals surface area contributed by atoms with Crippen molar-refractivity contribution >= 4 is 62.5 Å². The monoisotopic (exact) mass is 714 g/mol. The number of nitrogens with one attached hydrogen (secondary N) is 1. The van der Waals surface area contributed by atoms with Crippen molar-refractivity contribution in [2.24, 2.45) is 0 Å². The van der Waals surface area contributed by atoms with Crippen molar-refractivity contribution in [1.82, 2.24) is 9.55 Å². The highest BCUT2D eigenvalue weighted by Crippen LogP contribution is 2.55. The molecule has 0 aliphatic carbocycles. The summed E-state index contributed by atoms with van der Waals surface area (Å²) in [6.07, 6.45) is 0. The molecule has 0 bridgehead atoms. The van der Waals surface area contributed by atoms with E-state index in [1.165, 1.54) is 60.6 Å². The van der Waals surface area contributed by atoms with Gasteiger partial charge in [0.2, 0.25) is 5.89 Å². The number of aromatic nitrogens is 2. The fraction of sp³-hybridized carbons (Fsp3) is 0.0392. The van der Waals surface area contributed by atoms with E-state index in [1.807, 2.05) is 30.3 Å². The number of benzene rings is 8. The van der Waals surface area contributed by atoms with E-state index in [9.17, 15) is 0 Å². The smallest absolute Gasteiger partial charge is 0.227 e. The summed E-state index contributed by atoms with van der Waals surface area (Å²) >= 11 is 0. The summed E-state index contributed by atoms with van der Waals surface area (Å²) in [5.41, 5.74) is 18.6. The number of anilines is 2. The predicted octanol–water partition coefficient (Wildman–Crippen LogP) is 11.0. The van der Waals surface area contributed by atoms with Crippen LogP contribution in [-0.2, 0) is 5.41 Å². The molecule has 4 nitrogen and oxygen atoms in total. The van der Waals surface area contributed by atoms with Crippen LogP contribution in [0.25, 0.3) is 61.2 Å². The Morgan fingerprint density at radius 3 is 2.11 bits per heavy atom. The first-order valence-corrected chi connectivity index (χ1v) is 19.2. The van der Waals surface area contributed by atoms with Gasteiger partial charge in [0.15, 0.2) is 12.9 Å². The van der Waals surface area contributed by atoms with Gasteiger partial charge in [-0.2, -0.15) is 0 Å². The molecule has 0 spiro atoms. The van der Waals surface area contributed by atoms with Crippen LogP contribution >= 0.6 is 0 Å². The maximum Gasteiger partial charge on any atom is 0.227 e. The average molecular weight is 715 g/mol. The summed E-state index contributed by atoms with van der Waals surface area (Å²) < 4.78 is 8.91. The van der Waals surface area contributed by atoms with E-state index in [-0.39, 0.29) is 0 Å². The molecule has 0 saturated heterocycles. The largest absolute Gasteiger partial charge is 0.436 e. The van der Waals surface area contributed by atoms with Crippen LogP contribution in [0.1, 0.15) is 27.8 Å². The van der Waals surface area contributed by atoms with E-state index in [4.69, 9.17) is 9.40 Å². The second-order valence-electron chi connectivity index (χ2n) is 15.0. The minimum Gasteiger partial charge on any atom is -0.436 e. The maximum absolute atomic E-state index is 6.45. The molecule has 10 aromatic rings. The van der Waals surface area contributed by atoms with Gasteiger partial charge in [0, 0.05) is 38.8 Å². The molecule has 4 heterocycles. The molecule has 56 heavy (non-hydrogen) atoms. The Morgan fingerprint density at radius 2 is 1.32 bits per heavy atom. The third kappa shape index (κ3) is 4.23. The standard InChI is InChI=1S/C51H33BN3O/c1-31-28-37(35-23-15-25-39-48(35)53-41-26-13-12-24-38(41)51(39,33-18-7-3-8-19-33)34-20-9-4-10-21-34)47-49-46(31)36-22-11-14-27-43(36)55(49)44-30-42-45(29-40(44)52-47)56-50(54-42)32-16-5-2-6-17-32/h2-30,53H,1H3. The van der Waals surface area contributed by atoms with Crippen LogP contribution in [0.5, 0.6) is 0 Å². The lowest BCUT2D eigenvalue weighted by atomic mass is 9.58. The van der Waals surface area contributed by atoms with E-state index in [0.717, 1.165) is 44.8 Å². The molecule has 2 aliphatic rings. The summed E-state index contributed by atoms with van der Waals surface area (Å²) in [6.45, 7) is 2.26. The zero-order valence-electron chi connectivity index (χ0n) is 30.6. The number of nitrogens with zero attached hydrogens (tertiary/aromatic N) is 2. The van der Waals surface area contributed by atoms with Gasteiger partial charge >= 0.3 is 0 Å². The van der Waals surface area contributed by atoms with Crippen molar-refractivity contribution in [1.29, 1.82) is 0 Å². The van der Waals surface area contributed by atoms with Crippen LogP contribution in [0, 0.1) is 6.92 Å². The third-order valence-corrected chi connectivity index (χ3v) is 12.0. The summed E-state index contributed by atoms with van der Waals surface area (Å²) in [4.78, 5) is 4.99. The molecule has 2 aliphatic heterocycles. The van der Waals surface area contributed by atoms with E-state index >= 15 is 0 Å². The number of rotatable bonds is 4. The van der Waals surface area contributed by atoms with Gasteiger partial charge in [0.05, 0.1) is 16.6 Å². The Hall–Kier alpha value is -7.11. The molecule has 0 atom stereocenters. The lowest BCUT2D eigenvalue weighted by Crippen LogP contribution is -2.38. The quantitative estimate of drug-likeness (QED) is 0.185. The first-order valence-electron chi connectivity index (χ1n) is 19.2. The van der Waals surface area contributed by atoms with Gasteiger partial charge in [-0.1, -0.05) is 145 Å². The summed E-state index contributed by atoms with van der Waals surface area (Å²) in [5.74, 6) is 0.627. The Morgan fingerprint density at radius 1 is 0.643 bits per heavy atom. The molecular weight excluding hydrogens is 681 g/mol. The number of fused-ring (bicyclic) bond motifs is 8. The van der Waals surface area contributed by atoms with Crippen LogP contribution in [-0.4, -0.2) is 16.8 Å². The molecule has 0 unspecified atom stereocenters. The molecule has 0 amide bonds. The van der Waals surface area contributed by atoms with Crippen molar-refractivity contribution in [2.45, 2.75) is 12.3 Å². The Bertz CT molecular complexity index is 3160. The molecule has 2 aromatic heterocycles. The van der Waals surface area contributed by atoms with Crippen LogP contribution in [0.4, 0.5) is 11.4 Å². The van der Waals surface area contributed by atoms with Crippen molar-refractivity contribution in [3.63, 3.8) is 0 Å². The van der Waals surface area contributed by atoms with Gasteiger partial charge < -0.3 is 14.3 Å². The normalized spacial score (nSPS) is 13.5. The van der Waals surface area contributed by atoms with Gasteiger partial charge in [0.25, 0.3) is 0 Å². The van der Waals surface area contributed by atoms with Crippen LogP contribution in [0.15, 0.2) is 180 Å². The molecule has 0 saturated carbocycles. The fourth-order valence-corrected chi connectivity index (χ4v) is 9.74. The van der Waals surface area contributed by atoms with E-state index < -0.39 is 5.41 Å². The third-order valence-electron chi connectivity index (χ3n) is 12.0. The van der Waals surface area contributed by atoms with Crippen LogP contribution in [0.3, 0.4) is 0 Å². The summed E-state index contributed by atoms with van der Waals surface area (Å²) in [6, 6.07) is 63.3. The van der Waals surface area contributed by atoms with Gasteiger partial charge in [-0.15, -0.1) is 0 Å². The fourth-order valence-electron chi connectivity index (χ4n) is 9.74. The zero-order chi connectivity index (χ0) is 37.0. The van der Waals surface area contributed by atoms with Crippen molar-refractivity contribution in [2.75, 3.05) is 5.32 Å². The number of hydrogen-bond acceptors (Lipinski definition) is 3. The molecule has 1 radical (unpaired) electrons. The first-order chi connectivity index (χ1) is 27.7. The number of aryl methyl sites for hydroxylation is 1. The highest BCUT2D eigenvalue weighted by atomic mass is 16.3. The van der Waals surface area contributed by atoms with Gasteiger partial charge in [-0.25, -0.2) is 4.98 Å². The second kappa shape index (κ2) is 11.7. The Kier molecular flexibility index (Phi) is 6.53. The topological polar surface area (TPSA) is 43.0 Å². The molecule has 5 heteroatoms. The van der Waals surface area contributed by atoms with Crippen molar-refractivity contribution in [3.8, 4) is 28.3 Å². The molecule has 12 rings (SSSR count). The second-order valence-corrected chi connectivity index (χ2v) is 15.0. The minimum absolute atomic E-state index is 0.550. The van der Waals surface area contributed by atoms with Gasteiger partial charge in [-0.05, 0) is 82.2 Å². The maximum atomic E-state index is 6.45. The van der Waals surface area contributed by atoms with E-state index in [2.05, 4.69) is 170 Å². The Balaban J connectivity index is 1.15. The van der Waals surface area contributed by atoms with E-state index in [0.29, 0.717) is 5.89 Å². The zero-order valence-corrected chi connectivity index (χ0v) is 30.6. The van der Waals surface area contributed by atoms with Crippen LogP contribution < -0.4 is 16.2 Å². The number of oxazole rings is 1. The highest BCUT2D eigenvalue weighted by Gasteiger charge is 2.45. The highest BCUT2D eigenvalue weighted by molar-refractivity contribution is 6.73. The van der Waals surface area contributed by atoms with E-state index in [1.54, 1.807) is 0 Å².